The van der Waals surface area contributed by atoms with Crippen molar-refractivity contribution in [2.75, 3.05) is 13.7 Å². The van der Waals surface area contributed by atoms with Gasteiger partial charge in [0.25, 0.3) is 0 Å². The summed E-state index contributed by atoms with van der Waals surface area (Å²) in [6, 6.07) is 9.59. The summed E-state index contributed by atoms with van der Waals surface area (Å²) < 4.78 is 32.4. The van der Waals surface area contributed by atoms with Crippen molar-refractivity contribution in [2.24, 2.45) is 0 Å². The number of rotatable bonds is 4. The van der Waals surface area contributed by atoms with E-state index in [-0.39, 0.29) is 10.8 Å². The number of fused-ring (bicyclic) bond motifs is 1. The van der Waals surface area contributed by atoms with Crippen LogP contribution < -0.4 is 14.8 Å². The fourth-order valence-corrected chi connectivity index (χ4v) is 3.72. The van der Waals surface area contributed by atoms with E-state index in [2.05, 4.69) is 10.0 Å². The Morgan fingerprint density at radius 3 is 2.64 bits per heavy atom. The lowest BCUT2D eigenvalue weighted by Gasteiger charge is -2.11. The Labute approximate surface area is 128 Å². The maximum Gasteiger partial charge on any atom is 0.241 e. The number of ether oxygens (including phenoxy) is 1. The number of sulfonamides is 1. The van der Waals surface area contributed by atoms with Gasteiger partial charge in [-0.25, -0.2) is 8.42 Å². The number of hydrogen-bond acceptors (Lipinski definition) is 4. The fourth-order valence-electron chi connectivity index (χ4n) is 2.46. The fraction of sp³-hybridized carbons (Fsp3) is 0.267. The average Bonchev–Trinajstić information content (AvgIpc) is 2.90. The number of carbonyl (C=O) groups excluding carboxylic acids is 1. The van der Waals surface area contributed by atoms with E-state index in [0.29, 0.717) is 18.7 Å². The van der Waals surface area contributed by atoms with Gasteiger partial charge in [-0.3, -0.25) is 4.79 Å². The highest BCUT2D eigenvalue weighted by Crippen LogP contribution is 2.24. The van der Waals surface area contributed by atoms with Crippen molar-refractivity contribution >= 4 is 26.7 Å². The quantitative estimate of drug-likeness (QED) is 0.881. The van der Waals surface area contributed by atoms with E-state index >= 15 is 0 Å². The average molecular weight is 320 g/mol. The molecule has 1 aliphatic rings. The van der Waals surface area contributed by atoms with Gasteiger partial charge in [-0.05, 0) is 41.5 Å². The summed E-state index contributed by atoms with van der Waals surface area (Å²) in [4.78, 5) is 11.7. The Balaban J connectivity index is 1.95. The molecule has 7 heteroatoms. The normalized spacial score (nSPS) is 18.4. The second-order valence-corrected chi connectivity index (χ2v) is 6.84. The Kier molecular flexibility index (Phi) is 3.76. The van der Waals surface area contributed by atoms with Gasteiger partial charge < -0.3 is 10.1 Å². The van der Waals surface area contributed by atoms with E-state index in [9.17, 15) is 13.2 Å². The van der Waals surface area contributed by atoms with Gasteiger partial charge in [-0.1, -0.05) is 12.1 Å². The topological polar surface area (TPSA) is 84.5 Å². The molecule has 1 aliphatic heterocycles. The molecule has 116 valence electrons. The van der Waals surface area contributed by atoms with Crippen LogP contribution in [0.3, 0.4) is 0 Å². The van der Waals surface area contributed by atoms with Gasteiger partial charge in [0.2, 0.25) is 15.9 Å². The molecule has 0 spiro atoms. The minimum atomic E-state index is -3.74. The SMILES string of the molecule is COc1ccc2ccc(S(=O)(=O)NC3CCNC3=O)cc2c1. The molecule has 2 aromatic carbocycles. The van der Waals surface area contributed by atoms with Gasteiger partial charge in [0.1, 0.15) is 11.8 Å². The Morgan fingerprint density at radius 2 is 1.95 bits per heavy atom. The largest absolute Gasteiger partial charge is 0.497 e. The molecule has 0 radical (unpaired) electrons. The Morgan fingerprint density at radius 1 is 1.18 bits per heavy atom. The highest BCUT2D eigenvalue weighted by molar-refractivity contribution is 7.89. The van der Waals surface area contributed by atoms with Crippen LogP contribution in [0.15, 0.2) is 41.3 Å². The number of hydrogen-bond donors (Lipinski definition) is 2. The van der Waals surface area contributed by atoms with Crippen LogP contribution in [0.5, 0.6) is 5.75 Å². The molecule has 1 amide bonds. The van der Waals surface area contributed by atoms with Crippen LogP contribution in [0, 0.1) is 0 Å². The first kappa shape index (κ1) is 14.8. The third kappa shape index (κ3) is 2.77. The second kappa shape index (κ2) is 5.58. The zero-order valence-electron chi connectivity index (χ0n) is 12.0. The molecule has 1 saturated heterocycles. The number of methoxy groups -OCH3 is 1. The number of nitrogens with one attached hydrogen (secondary N) is 2. The summed E-state index contributed by atoms with van der Waals surface area (Å²) in [7, 11) is -2.18. The van der Waals surface area contributed by atoms with E-state index in [4.69, 9.17) is 4.74 Å². The number of amides is 1. The Bertz CT molecular complexity index is 833. The number of benzene rings is 2. The smallest absolute Gasteiger partial charge is 0.241 e. The summed E-state index contributed by atoms with van der Waals surface area (Å²) in [5.41, 5.74) is 0. The second-order valence-electron chi connectivity index (χ2n) is 5.13. The molecule has 1 fully saturated rings. The third-order valence-electron chi connectivity index (χ3n) is 3.68. The minimum Gasteiger partial charge on any atom is -0.497 e. The highest BCUT2D eigenvalue weighted by atomic mass is 32.2. The predicted molar refractivity (Wildman–Crippen MR) is 82.2 cm³/mol. The first-order valence-electron chi connectivity index (χ1n) is 6.87. The molecule has 0 bridgehead atoms. The maximum atomic E-state index is 12.4. The minimum absolute atomic E-state index is 0.132. The van der Waals surface area contributed by atoms with Gasteiger partial charge in [-0.2, -0.15) is 4.72 Å². The van der Waals surface area contributed by atoms with Gasteiger partial charge in [0, 0.05) is 6.54 Å². The van der Waals surface area contributed by atoms with Crippen molar-refractivity contribution in [1.82, 2.24) is 10.0 Å². The van der Waals surface area contributed by atoms with Crippen molar-refractivity contribution in [2.45, 2.75) is 17.4 Å². The summed E-state index contributed by atoms with van der Waals surface area (Å²) in [5, 5.41) is 4.28. The lowest BCUT2D eigenvalue weighted by molar-refractivity contribution is -0.120. The number of carbonyl (C=O) groups is 1. The van der Waals surface area contributed by atoms with Crippen molar-refractivity contribution in [3.8, 4) is 5.75 Å². The first-order valence-corrected chi connectivity index (χ1v) is 8.36. The summed E-state index contributed by atoms with van der Waals surface area (Å²) in [6.07, 6.45) is 0.458. The van der Waals surface area contributed by atoms with Crippen LogP contribution >= 0.6 is 0 Å². The van der Waals surface area contributed by atoms with Crippen molar-refractivity contribution in [3.05, 3.63) is 36.4 Å². The van der Waals surface area contributed by atoms with Crippen molar-refractivity contribution < 1.29 is 17.9 Å². The predicted octanol–water partition coefficient (Wildman–Crippen LogP) is 1.02. The van der Waals surface area contributed by atoms with E-state index in [0.717, 1.165) is 10.8 Å². The highest BCUT2D eigenvalue weighted by Gasteiger charge is 2.29. The molecule has 3 rings (SSSR count). The van der Waals surface area contributed by atoms with Gasteiger partial charge in [-0.15, -0.1) is 0 Å². The lowest BCUT2D eigenvalue weighted by Crippen LogP contribution is -2.40. The van der Waals surface area contributed by atoms with E-state index in [1.807, 2.05) is 12.1 Å². The molecule has 1 unspecified atom stereocenters. The van der Waals surface area contributed by atoms with Crippen LogP contribution in [-0.2, 0) is 14.8 Å². The summed E-state index contributed by atoms with van der Waals surface area (Å²) in [6.45, 7) is 0.487. The molecule has 6 nitrogen and oxygen atoms in total. The lowest BCUT2D eigenvalue weighted by atomic mass is 10.1. The van der Waals surface area contributed by atoms with E-state index < -0.39 is 16.1 Å². The van der Waals surface area contributed by atoms with E-state index in [1.165, 1.54) is 6.07 Å². The zero-order valence-corrected chi connectivity index (χ0v) is 12.8. The molecule has 0 aliphatic carbocycles. The Hall–Kier alpha value is -2.12. The van der Waals surface area contributed by atoms with Crippen LogP contribution in [-0.4, -0.2) is 34.0 Å². The molecular weight excluding hydrogens is 304 g/mol. The van der Waals surface area contributed by atoms with Crippen LogP contribution in [0.2, 0.25) is 0 Å². The maximum absolute atomic E-state index is 12.4. The van der Waals surface area contributed by atoms with E-state index in [1.54, 1.807) is 25.3 Å². The molecule has 2 aromatic rings. The first-order chi connectivity index (χ1) is 10.5. The standard InChI is InChI=1S/C15H16N2O4S/c1-21-12-4-2-10-3-5-13(9-11(10)8-12)22(19,20)17-14-6-7-16-15(14)18/h2-5,8-9,14,17H,6-7H2,1H3,(H,16,18). The molecule has 0 saturated carbocycles. The van der Waals surface area contributed by atoms with Gasteiger partial charge >= 0.3 is 0 Å². The molecular formula is C15H16N2O4S. The van der Waals surface area contributed by atoms with Crippen LogP contribution in [0.25, 0.3) is 10.8 Å². The monoisotopic (exact) mass is 320 g/mol. The van der Waals surface area contributed by atoms with Crippen LogP contribution in [0.1, 0.15) is 6.42 Å². The molecule has 1 atom stereocenters. The third-order valence-corrected chi connectivity index (χ3v) is 5.14. The molecule has 2 N–H and O–H groups in total. The van der Waals surface area contributed by atoms with Crippen LogP contribution in [0.4, 0.5) is 0 Å². The zero-order chi connectivity index (χ0) is 15.7. The molecule has 0 aromatic heterocycles. The van der Waals surface area contributed by atoms with Gasteiger partial charge in [0.05, 0.1) is 12.0 Å². The summed E-state index contributed by atoms with van der Waals surface area (Å²) >= 11 is 0. The summed E-state index contributed by atoms with van der Waals surface area (Å²) in [5.74, 6) is 0.371. The van der Waals surface area contributed by atoms with Crippen molar-refractivity contribution in [1.29, 1.82) is 0 Å². The van der Waals surface area contributed by atoms with Crippen molar-refractivity contribution in [3.63, 3.8) is 0 Å². The molecule has 22 heavy (non-hydrogen) atoms. The van der Waals surface area contributed by atoms with Gasteiger partial charge in [0.15, 0.2) is 0 Å². The molecule has 1 heterocycles.